The number of fused-ring (bicyclic) bond motifs is 1. The Bertz CT molecular complexity index is 1290. The van der Waals surface area contributed by atoms with Gasteiger partial charge in [0.2, 0.25) is 10.0 Å². The zero-order valence-electron chi connectivity index (χ0n) is 16.3. The number of aromatic amines is 1. The molecule has 162 valence electrons. The van der Waals surface area contributed by atoms with Crippen LogP contribution in [0.4, 0.5) is 14.6 Å². The monoisotopic (exact) mass is 467 g/mol. The quantitative estimate of drug-likeness (QED) is 0.571. The molecular weight excluding hydrogens is 452 g/mol. The zero-order chi connectivity index (χ0) is 22.6. The molecule has 8 nitrogen and oxygen atoms in total. The molecule has 1 amide bonds. The molecule has 3 heterocycles. The number of pyridine rings is 1. The van der Waals surface area contributed by atoms with E-state index in [1.54, 1.807) is 19.9 Å². The van der Waals surface area contributed by atoms with Gasteiger partial charge >= 0.3 is 0 Å². The number of amides is 1. The van der Waals surface area contributed by atoms with E-state index in [9.17, 15) is 22.0 Å². The SMILES string of the molecule is CC1(C)c2[nH]nc(NC(=O)c3cccnc3Cl)c2CN1S(=O)(=O)c1cc(F)cc(F)c1. The molecule has 0 fully saturated rings. The average molecular weight is 468 g/mol. The van der Waals surface area contributed by atoms with E-state index in [0.29, 0.717) is 17.3 Å². The lowest BCUT2D eigenvalue weighted by molar-refractivity contribution is 0.102. The third-order valence-corrected chi connectivity index (χ3v) is 7.36. The van der Waals surface area contributed by atoms with Crippen molar-refractivity contribution >= 4 is 33.3 Å². The third-order valence-electron chi connectivity index (χ3n) is 5.06. The minimum absolute atomic E-state index is 0.00449. The fourth-order valence-corrected chi connectivity index (χ4v) is 5.49. The number of nitrogens with zero attached hydrogens (tertiary/aromatic N) is 3. The molecule has 0 atom stereocenters. The van der Waals surface area contributed by atoms with E-state index in [2.05, 4.69) is 20.5 Å². The van der Waals surface area contributed by atoms with Crippen LogP contribution in [0, 0.1) is 11.6 Å². The fourth-order valence-electron chi connectivity index (χ4n) is 3.51. The van der Waals surface area contributed by atoms with Gasteiger partial charge in [0.05, 0.1) is 21.7 Å². The van der Waals surface area contributed by atoms with Gasteiger partial charge < -0.3 is 5.32 Å². The summed E-state index contributed by atoms with van der Waals surface area (Å²) < 4.78 is 54.7. The van der Waals surface area contributed by atoms with Crippen molar-refractivity contribution in [3.63, 3.8) is 0 Å². The van der Waals surface area contributed by atoms with Crippen LogP contribution in [0.25, 0.3) is 0 Å². The van der Waals surface area contributed by atoms with Gasteiger partial charge in [-0.1, -0.05) is 11.6 Å². The number of nitrogens with one attached hydrogen (secondary N) is 2. The van der Waals surface area contributed by atoms with Crippen LogP contribution >= 0.6 is 11.6 Å². The molecule has 1 aliphatic heterocycles. The number of anilines is 1. The number of aromatic nitrogens is 3. The highest BCUT2D eigenvalue weighted by Gasteiger charge is 2.48. The topological polar surface area (TPSA) is 108 Å². The molecular formula is C19H16ClF2N5O3S. The number of rotatable bonds is 4. The Morgan fingerprint density at radius 1 is 1.26 bits per heavy atom. The highest BCUT2D eigenvalue weighted by Crippen LogP contribution is 2.43. The van der Waals surface area contributed by atoms with Gasteiger partial charge in [-0.25, -0.2) is 22.2 Å². The van der Waals surface area contributed by atoms with Crippen molar-refractivity contribution in [3.05, 3.63) is 70.1 Å². The first-order chi connectivity index (χ1) is 14.5. The second kappa shape index (κ2) is 7.36. The van der Waals surface area contributed by atoms with Crippen LogP contribution in [-0.2, 0) is 22.1 Å². The number of carbonyl (C=O) groups is 1. The summed E-state index contributed by atoms with van der Waals surface area (Å²) in [6.45, 7) is 3.07. The summed E-state index contributed by atoms with van der Waals surface area (Å²) in [5, 5.41) is 9.45. The van der Waals surface area contributed by atoms with E-state index < -0.39 is 38.0 Å². The minimum atomic E-state index is -4.27. The van der Waals surface area contributed by atoms with Gasteiger partial charge in [0.25, 0.3) is 5.91 Å². The largest absolute Gasteiger partial charge is 0.305 e. The molecule has 2 aromatic heterocycles. The molecule has 0 aliphatic carbocycles. The number of H-pyrrole nitrogens is 1. The molecule has 4 rings (SSSR count). The van der Waals surface area contributed by atoms with Gasteiger partial charge in [-0.2, -0.15) is 9.40 Å². The van der Waals surface area contributed by atoms with E-state index in [4.69, 9.17) is 11.6 Å². The Morgan fingerprint density at radius 2 is 1.94 bits per heavy atom. The second-order valence-electron chi connectivity index (χ2n) is 7.40. The summed E-state index contributed by atoms with van der Waals surface area (Å²) in [5.74, 6) is -2.45. The van der Waals surface area contributed by atoms with Crippen LogP contribution in [0.3, 0.4) is 0 Å². The van der Waals surface area contributed by atoms with E-state index in [-0.39, 0.29) is 23.1 Å². The number of hydrogen-bond acceptors (Lipinski definition) is 5. The molecule has 2 N–H and O–H groups in total. The Labute approximate surface area is 181 Å². The number of sulfonamides is 1. The summed E-state index contributed by atoms with van der Waals surface area (Å²) in [7, 11) is -4.27. The highest BCUT2D eigenvalue weighted by molar-refractivity contribution is 7.89. The van der Waals surface area contributed by atoms with Gasteiger partial charge in [0, 0.05) is 24.4 Å². The Hall–Kier alpha value is -2.89. The van der Waals surface area contributed by atoms with Crippen LogP contribution in [0.1, 0.15) is 35.5 Å². The first-order valence-corrected chi connectivity index (χ1v) is 10.8. The molecule has 3 aromatic rings. The maximum Gasteiger partial charge on any atom is 0.260 e. The summed E-state index contributed by atoms with van der Waals surface area (Å²) in [5.41, 5.74) is -0.129. The Morgan fingerprint density at radius 3 is 2.58 bits per heavy atom. The molecule has 0 spiro atoms. The van der Waals surface area contributed by atoms with Crippen molar-refractivity contribution in [2.24, 2.45) is 0 Å². The standard InChI is InChI=1S/C19H16ClF2N5O3S/c1-19(2)15-14(9-27(19)31(29,30)12-7-10(21)6-11(22)8-12)17(26-25-15)24-18(28)13-4-3-5-23-16(13)20/h3-8H,9H2,1-2H3,(H2,24,25,26,28). The smallest absolute Gasteiger partial charge is 0.260 e. The maximum atomic E-state index is 13.6. The number of halogens is 3. The van der Waals surface area contributed by atoms with Crippen molar-refractivity contribution in [3.8, 4) is 0 Å². The average Bonchev–Trinajstić information content (AvgIpc) is 3.20. The second-order valence-corrected chi connectivity index (χ2v) is 9.62. The number of benzene rings is 1. The molecule has 1 aliphatic rings. The van der Waals surface area contributed by atoms with Crippen molar-refractivity contribution in [1.82, 2.24) is 19.5 Å². The normalized spacial score (nSPS) is 15.6. The van der Waals surface area contributed by atoms with Crippen LogP contribution in [0.2, 0.25) is 5.15 Å². The lowest BCUT2D eigenvalue weighted by atomic mass is 10.0. The van der Waals surface area contributed by atoms with E-state index in [1.807, 2.05) is 0 Å². The van der Waals surface area contributed by atoms with E-state index in [0.717, 1.165) is 16.4 Å². The first kappa shape index (κ1) is 21.3. The lowest BCUT2D eigenvalue weighted by Gasteiger charge is -2.30. The minimum Gasteiger partial charge on any atom is -0.305 e. The molecule has 12 heteroatoms. The number of carbonyl (C=O) groups excluding carboxylic acids is 1. The van der Waals surface area contributed by atoms with Gasteiger partial charge in [-0.05, 0) is 38.1 Å². The van der Waals surface area contributed by atoms with Crippen molar-refractivity contribution < 1.29 is 22.0 Å². The maximum absolute atomic E-state index is 13.6. The van der Waals surface area contributed by atoms with Crippen molar-refractivity contribution in [2.75, 3.05) is 5.32 Å². The Kier molecular flexibility index (Phi) is 5.07. The summed E-state index contributed by atoms with van der Waals surface area (Å²) in [6, 6.07) is 5.14. The van der Waals surface area contributed by atoms with Gasteiger partial charge in [0.1, 0.15) is 16.8 Å². The van der Waals surface area contributed by atoms with Crippen LogP contribution in [-0.4, -0.2) is 33.8 Å². The lowest BCUT2D eigenvalue weighted by Crippen LogP contribution is -2.40. The predicted molar refractivity (Wildman–Crippen MR) is 108 cm³/mol. The third kappa shape index (κ3) is 3.58. The summed E-state index contributed by atoms with van der Waals surface area (Å²) in [6.07, 6.45) is 1.44. The molecule has 1 aromatic carbocycles. The van der Waals surface area contributed by atoms with Crippen LogP contribution in [0.15, 0.2) is 41.4 Å². The molecule has 0 radical (unpaired) electrons. The van der Waals surface area contributed by atoms with E-state index >= 15 is 0 Å². The fraction of sp³-hybridized carbons (Fsp3) is 0.211. The van der Waals surface area contributed by atoms with Crippen molar-refractivity contribution in [1.29, 1.82) is 0 Å². The predicted octanol–water partition coefficient (Wildman–Crippen LogP) is 3.43. The number of hydrogen-bond donors (Lipinski definition) is 2. The van der Waals surface area contributed by atoms with Crippen molar-refractivity contribution in [2.45, 2.75) is 30.8 Å². The molecule has 31 heavy (non-hydrogen) atoms. The molecule has 0 saturated heterocycles. The van der Waals surface area contributed by atoms with Gasteiger partial charge in [-0.15, -0.1) is 0 Å². The molecule has 0 unspecified atom stereocenters. The van der Waals surface area contributed by atoms with Gasteiger partial charge in [0.15, 0.2) is 5.82 Å². The first-order valence-electron chi connectivity index (χ1n) is 9.00. The highest BCUT2D eigenvalue weighted by atomic mass is 35.5. The van der Waals surface area contributed by atoms with Crippen LogP contribution < -0.4 is 5.32 Å². The summed E-state index contributed by atoms with van der Waals surface area (Å²) >= 11 is 5.95. The Balaban J connectivity index is 1.68. The zero-order valence-corrected chi connectivity index (χ0v) is 17.9. The van der Waals surface area contributed by atoms with E-state index in [1.165, 1.54) is 12.3 Å². The molecule has 0 saturated carbocycles. The van der Waals surface area contributed by atoms with Crippen LogP contribution in [0.5, 0.6) is 0 Å². The van der Waals surface area contributed by atoms with Gasteiger partial charge in [-0.3, -0.25) is 9.89 Å². The summed E-state index contributed by atoms with van der Waals surface area (Å²) in [4.78, 5) is 15.9. The molecule has 0 bridgehead atoms.